The fraction of sp³-hybridized carbons (Fsp3) is 0.875. The summed E-state index contributed by atoms with van der Waals surface area (Å²) in [6.07, 6.45) is 11.2. The topological polar surface area (TPSA) is 63.2 Å². The van der Waals surface area contributed by atoms with Crippen LogP contribution in [0.5, 0.6) is 0 Å². The van der Waals surface area contributed by atoms with E-state index in [2.05, 4.69) is 6.58 Å². The molecule has 6 fully saturated rings. The van der Waals surface area contributed by atoms with E-state index in [-0.39, 0.29) is 29.8 Å². The van der Waals surface area contributed by atoms with Crippen molar-refractivity contribution in [2.24, 2.45) is 5.92 Å². The van der Waals surface area contributed by atoms with Gasteiger partial charge in [0.05, 0.1) is 11.2 Å². The highest BCUT2D eigenvalue weighted by atomic mass is 16.7. The molecule has 2 aliphatic heterocycles. The van der Waals surface area contributed by atoms with E-state index in [1.807, 2.05) is 0 Å². The minimum absolute atomic E-state index is 0.160. The molecule has 168 valence electrons. The van der Waals surface area contributed by atoms with Gasteiger partial charge in [-0.2, -0.15) is 0 Å². The van der Waals surface area contributed by atoms with Gasteiger partial charge in [-0.15, -0.1) is 0 Å². The van der Waals surface area contributed by atoms with Crippen LogP contribution >= 0.6 is 0 Å². The molecule has 4 aliphatic carbocycles. The summed E-state index contributed by atoms with van der Waals surface area (Å²) in [6, 6.07) is 0. The zero-order valence-electron chi connectivity index (χ0n) is 18.3. The number of esters is 1. The van der Waals surface area contributed by atoms with Crippen LogP contribution in [0.4, 0.5) is 0 Å². The fourth-order valence-corrected chi connectivity index (χ4v) is 7.00. The second-order valence-corrected chi connectivity index (χ2v) is 10.6. The highest BCUT2D eigenvalue weighted by molar-refractivity contribution is 5.87. The lowest BCUT2D eigenvalue weighted by atomic mass is 9.50. The lowest BCUT2D eigenvalue weighted by molar-refractivity contribution is -0.342. The summed E-state index contributed by atoms with van der Waals surface area (Å²) in [6.45, 7) is 7.04. The second-order valence-electron chi connectivity index (χ2n) is 10.6. The van der Waals surface area contributed by atoms with Crippen LogP contribution in [-0.4, -0.2) is 48.6 Å². The van der Waals surface area contributed by atoms with Gasteiger partial charge >= 0.3 is 5.97 Å². The molecule has 6 nitrogen and oxygen atoms in total. The lowest BCUT2D eigenvalue weighted by Gasteiger charge is -2.65. The summed E-state index contributed by atoms with van der Waals surface area (Å²) in [7, 11) is 0. The molecule has 4 atom stereocenters. The van der Waals surface area contributed by atoms with Gasteiger partial charge in [0.2, 0.25) is 0 Å². The quantitative estimate of drug-likeness (QED) is 0.469. The zero-order valence-corrected chi connectivity index (χ0v) is 18.3. The Balaban J connectivity index is 1.41. The number of carbonyl (C=O) groups is 1. The normalized spacial score (nSPS) is 45.3. The van der Waals surface area contributed by atoms with E-state index in [1.54, 1.807) is 6.92 Å². The summed E-state index contributed by atoms with van der Waals surface area (Å²) in [4.78, 5) is 12.6. The van der Waals surface area contributed by atoms with Crippen molar-refractivity contribution in [3.63, 3.8) is 0 Å². The molecule has 0 N–H and O–H groups in total. The van der Waals surface area contributed by atoms with Gasteiger partial charge in [0, 0.05) is 38.0 Å². The first-order chi connectivity index (χ1) is 14.4. The second kappa shape index (κ2) is 7.88. The van der Waals surface area contributed by atoms with Gasteiger partial charge in [-0.25, -0.2) is 4.79 Å². The van der Waals surface area contributed by atoms with E-state index in [0.29, 0.717) is 11.5 Å². The Morgan fingerprint density at radius 2 is 1.33 bits per heavy atom. The Morgan fingerprint density at radius 1 is 0.833 bits per heavy atom. The highest BCUT2D eigenvalue weighted by Crippen LogP contribution is 2.63. The number of carbonyl (C=O) groups excluding carboxylic acids is 1. The Hall–Kier alpha value is -0.950. The van der Waals surface area contributed by atoms with Crippen molar-refractivity contribution >= 4 is 5.97 Å². The summed E-state index contributed by atoms with van der Waals surface area (Å²) < 4.78 is 31.5. The molecule has 0 radical (unpaired) electrons. The molecule has 6 aliphatic rings. The van der Waals surface area contributed by atoms with E-state index in [0.717, 1.165) is 90.3 Å². The van der Waals surface area contributed by atoms with Crippen LogP contribution in [0.2, 0.25) is 0 Å². The monoisotopic (exact) mass is 420 g/mol. The average Bonchev–Trinajstić information content (AvgIpc) is 2.67. The zero-order chi connectivity index (χ0) is 20.8. The number of ether oxygens (including phenoxy) is 5. The van der Waals surface area contributed by atoms with Crippen molar-refractivity contribution in [3.05, 3.63) is 12.2 Å². The van der Waals surface area contributed by atoms with E-state index in [4.69, 9.17) is 23.7 Å². The molecule has 4 unspecified atom stereocenters. The number of rotatable bonds is 6. The third-order valence-corrected chi connectivity index (χ3v) is 7.61. The summed E-state index contributed by atoms with van der Waals surface area (Å²) in [5.74, 6) is 0.122. The first-order valence-corrected chi connectivity index (χ1v) is 11.9. The Bertz CT molecular complexity index is 641. The van der Waals surface area contributed by atoms with Crippen molar-refractivity contribution in [2.75, 3.05) is 13.2 Å². The van der Waals surface area contributed by atoms with Crippen LogP contribution < -0.4 is 0 Å². The maximum atomic E-state index is 12.6. The predicted octanol–water partition coefficient (Wildman–Crippen LogP) is 4.41. The highest BCUT2D eigenvalue weighted by Gasteiger charge is 2.67. The Kier molecular flexibility index (Phi) is 5.49. The van der Waals surface area contributed by atoms with Crippen LogP contribution in [0.3, 0.4) is 0 Å². The third-order valence-electron chi connectivity index (χ3n) is 7.61. The molecule has 2 heterocycles. The molecule has 4 bridgehead atoms. The van der Waals surface area contributed by atoms with Gasteiger partial charge < -0.3 is 23.7 Å². The largest absolute Gasteiger partial charge is 0.455 e. The molecular formula is C24H36O6. The van der Waals surface area contributed by atoms with Crippen molar-refractivity contribution < 1.29 is 28.5 Å². The van der Waals surface area contributed by atoms with Gasteiger partial charge in [0.1, 0.15) is 5.60 Å². The molecule has 6 heteroatoms. The first kappa shape index (κ1) is 20.9. The van der Waals surface area contributed by atoms with Crippen LogP contribution in [0, 0.1) is 5.92 Å². The van der Waals surface area contributed by atoms with Crippen molar-refractivity contribution in [2.45, 2.75) is 113 Å². The third kappa shape index (κ3) is 4.08. The Labute approximate surface area is 179 Å². The van der Waals surface area contributed by atoms with E-state index in [1.165, 1.54) is 0 Å². The van der Waals surface area contributed by atoms with Crippen LogP contribution in [0.15, 0.2) is 12.2 Å². The van der Waals surface area contributed by atoms with Crippen LogP contribution in [0.25, 0.3) is 0 Å². The summed E-state index contributed by atoms with van der Waals surface area (Å²) in [5, 5.41) is 0. The van der Waals surface area contributed by atoms with Crippen molar-refractivity contribution in [1.29, 1.82) is 0 Å². The molecule has 4 saturated carbocycles. The van der Waals surface area contributed by atoms with E-state index in [9.17, 15) is 4.79 Å². The minimum Gasteiger partial charge on any atom is -0.455 e. The van der Waals surface area contributed by atoms with Gasteiger partial charge in [0.25, 0.3) is 0 Å². The smallest absolute Gasteiger partial charge is 0.333 e. The molecule has 0 aromatic carbocycles. The van der Waals surface area contributed by atoms with Crippen LogP contribution in [-0.2, 0) is 28.5 Å². The average molecular weight is 421 g/mol. The summed E-state index contributed by atoms with van der Waals surface area (Å²) >= 11 is 0. The molecule has 0 aromatic rings. The van der Waals surface area contributed by atoms with Crippen LogP contribution in [0.1, 0.15) is 84.0 Å². The molecule has 0 spiro atoms. The maximum absolute atomic E-state index is 12.6. The molecule has 0 amide bonds. The molecule has 6 rings (SSSR count). The SMILES string of the molecule is C=C(C)C(=O)OC12CC3CC(OC4CCCCO4)(C1)CC(OC1CCCCO1)(C3)C2. The Morgan fingerprint density at radius 3 is 1.80 bits per heavy atom. The van der Waals surface area contributed by atoms with E-state index >= 15 is 0 Å². The maximum Gasteiger partial charge on any atom is 0.333 e. The van der Waals surface area contributed by atoms with E-state index < -0.39 is 5.60 Å². The van der Waals surface area contributed by atoms with Gasteiger partial charge in [-0.3, -0.25) is 0 Å². The molecule has 2 saturated heterocycles. The molecule has 0 aromatic heterocycles. The van der Waals surface area contributed by atoms with Crippen molar-refractivity contribution in [1.82, 2.24) is 0 Å². The predicted molar refractivity (Wildman–Crippen MR) is 110 cm³/mol. The first-order valence-electron chi connectivity index (χ1n) is 11.9. The van der Waals surface area contributed by atoms with Gasteiger partial charge in [-0.05, 0) is 70.6 Å². The fourth-order valence-electron chi connectivity index (χ4n) is 7.00. The lowest BCUT2D eigenvalue weighted by Crippen LogP contribution is -2.69. The number of hydrogen-bond donors (Lipinski definition) is 0. The van der Waals surface area contributed by atoms with Gasteiger partial charge in [0.15, 0.2) is 12.6 Å². The summed E-state index contributed by atoms with van der Waals surface area (Å²) in [5.41, 5.74) is -0.808. The minimum atomic E-state index is -0.543. The standard InChI is InChI=1S/C24H36O6/c1-17(2)21(25)30-24-13-18-11-22(15-24,28-19-7-3-5-9-26-19)14-23(12-18,16-24)29-20-8-4-6-10-27-20/h18-20H,1,3-16H2,2H3. The van der Waals surface area contributed by atoms with Gasteiger partial charge in [-0.1, -0.05) is 6.58 Å². The number of hydrogen-bond acceptors (Lipinski definition) is 6. The molecule has 30 heavy (non-hydrogen) atoms. The molecular weight excluding hydrogens is 384 g/mol. The van der Waals surface area contributed by atoms with Crippen molar-refractivity contribution in [3.8, 4) is 0 Å².